The molecule has 1 aromatic carbocycles. The largest absolute Gasteiger partial charge is 0.294 e. The Morgan fingerprint density at radius 3 is 2.00 bits per heavy atom. The molecule has 0 atom stereocenters. The third-order valence-electron chi connectivity index (χ3n) is 2.30. The van der Waals surface area contributed by atoms with E-state index in [-0.39, 0.29) is 16.4 Å². The van der Waals surface area contributed by atoms with Crippen molar-refractivity contribution in [1.29, 1.82) is 0 Å². The molecule has 0 radical (unpaired) electrons. The van der Waals surface area contributed by atoms with E-state index in [1.807, 2.05) is 0 Å². The number of hydrogen-bond acceptors (Lipinski definition) is 4. The molecular weight excluding hydrogens is 280 g/mol. The van der Waals surface area contributed by atoms with E-state index >= 15 is 0 Å². The van der Waals surface area contributed by atoms with Gasteiger partial charge >= 0.3 is 0 Å². The van der Waals surface area contributed by atoms with E-state index in [9.17, 15) is 16.8 Å². The molecule has 0 aromatic heterocycles. The predicted octanol–water partition coefficient (Wildman–Crippen LogP) is 1.44. The van der Waals surface area contributed by atoms with Crippen molar-refractivity contribution in [2.75, 3.05) is 0 Å². The molecule has 8 heteroatoms. The highest BCUT2D eigenvalue weighted by atomic mass is 32.2. The Kier molecular flexibility index (Phi) is 4.16. The molecule has 0 aliphatic carbocycles. The summed E-state index contributed by atoms with van der Waals surface area (Å²) in [7, 11) is -8.67. The van der Waals surface area contributed by atoms with Crippen LogP contribution in [-0.2, 0) is 26.0 Å². The minimum atomic E-state index is -4.41. The number of hydrogen-bond donors (Lipinski definition) is 2. The second kappa shape index (κ2) is 4.96. The number of benzene rings is 1. The molecule has 1 rings (SSSR count). The molecule has 18 heavy (non-hydrogen) atoms. The van der Waals surface area contributed by atoms with Crippen LogP contribution in [0, 0.1) is 0 Å². The maximum Gasteiger partial charge on any atom is 0.294 e. The van der Waals surface area contributed by atoms with Crippen molar-refractivity contribution in [3.05, 3.63) is 29.3 Å². The molecule has 1 aromatic rings. The van der Waals surface area contributed by atoms with Gasteiger partial charge in [-0.15, -0.1) is 0 Å². The van der Waals surface area contributed by atoms with Crippen molar-refractivity contribution in [3.8, 4) is 0 Å². The van der Waals surface area contributed by atoms with Crippen LogP contribution in [0.1, 0.15) is 30.9 Å². The third kappa shape index (κ3) is 4.37. The fourth-order valence-corrected chi connectivity index (χ4v) is 2.64. The minimum Gasteiger partial charge on any atom is -0.285 e. The molecule has 0 spiro atoms. The molecule has 2 N–H and O–H groups in total. The van der Waals surface area contributed by atoms with Crippen LogP contribution < -0.4 is 0 Å². The first-order valence-electron chi connectivity index (χ1n) is 5.05. The summed E-state index contributed by atoms with van der Waals surface area (Å²) < 4.78 is 61.4. The summed E-state index contributed by atoms with van der Waals surface area (Å²) in [5.74, 6) is -0.748. The Morgan fingerprint density at radius 1 is 1.06 bits per heavy atom. The molecule has 0 aliphatic heterocycles. The Hall–Kier alpha value is -0.960. The Bertz CT molecular complexity index is 643. The quantitative estimate of drug-likeness (QED) is 0.813. The molecule has 0 fully saturated rings. The van der Waals surface area contributed by atoms with Crippen molar-refractivity contribution >= 4 is 20.2 Å². The van der Waals surface area contributed by atoms with Gasteiger partial charge in [0.05, 0.1) is 4.90 Å². The fourth-order valence-electron chi connectivity index (χ4n) is 1.46. The molecule has 0 bridgehead atoms. The predicted molar refractivity (Wildman–Crippen MR) is 65.6 cm³/mol. The van der Waals surface area contributed by atoms with E-state index < -0.39 is 26.0 Å². The molecule has 102 valence electrons. The van der Waals surface area contributed by atoms with Gasteiger partial charge in [-0.25, -0.2) is 0 Å². The van der Waals surface area contributed by atoms with Crippen LogP contribution in [-0.4, -0.2) is 25.9 Å². The van der Waals surface area contributed by atoms with E-state index in [1.165, 1.54) is 12.1 Å². The van der Waals surface area contributed by atoms with Gasteiger partial charge in [0.2, 0.25) is 0 Å². The lowest BCUT2D eigenvalue weighted by molar-refractivity contribution is 0.478. The van der Waals surface area contributed by atoms with E-state index in [4.69, 9.17) is 9.11 Å². The lowest BCUT2D eigenvalue weighted by Crippen LogP contribution is -2.06. The zero-order valence-corrected chi connectivity index (χ0v) is 11.5. The smallest absolute Gasteiger partial charge is 0.285 e. The highest BCUT2D eigenvalue weighted by Gasteiger charge is 2.16. The van der Waals surface area contributed by atoms with Crippen LogP contribution in [0.5, 0.6) is 0 Å². The zero-order valence-electron chi connectivity index (χ0n) is 9.86. The normalized spacial score (nSPS) is 12.9. The summed E-state index contributed by atoms with van der Waals surface area (Å²) in [5, 5.41) is 0. The van der Waals surface area contributed by atoms with Crippen LogP contribution in [0.3, 0.4) is 0 Å². The van der Waals surface area contributed by atoms with Crippen LogP contribution in [0.15, 0.2) is 23.1 Å². The van der Waals surface area contributed by atoms with Gasteiger partial charge in [-0.2, -0.15) is 16.8 Å². The van der Waals surface area contributed by atoms with Crippen LogP contribution in [0.4, 0.5) is 0 Å². The monoisotopic (exact) mass is 294 g/mol. The van der Waals surface area contributed by atoms with E-state index in [0.717, 1.165) is 6.07 Å². The molecular formula is C10H14O6S2. The fraction of sp³-hybridized carbons (Fsp3) is 0.400. The van der Waals surface area contributed by atoms with Crippen molar-refractivity contribution in [3.63, 3.8) is 0 Å². The van der Waals surface area contributed by atoms with Crippen molar-refractivity contribution in [2.24, 2.45) is 0 Å². The molecule has 0 heterocycles. The van der Waals surface area contributed by atoms with Gasteiger partial charge < -0.3 is 0 Å². The zero-order chi connectivity index (χ0) is 14.1. The average molecular weight is 294 g/mol. The molecule has 0 aliphatic rings. The molecule has 0 amide bonds. The second-order valence-electron chi connectivity index (χ2n) is 4.27. The molecule has 0 saturated heterocycles. The lowest BCUT2D eigenvalue weighted by Gasteiger charge is -2.10. The SMILES string of the molecule is CC(C)c1cc(CS(=O)(=O)O)cc(S(=O)(=O)O)c1. The van der Waals surface area contributed by atoms with Crippen molar-refractivity contribution < 1.29 is 25.9 Å². The average Bonchev–Trinajstić information content (AvgIpc) is 2.12. The first-order valence-corrected chi connectivity index (χ1v) is 8.10. The van der Waals surface area contributed by atoms with E-state index in [2.05, 4.69) is 0 Å². The summed E-state index contributed by atoms with van der Waals surface area (Å²) in [4.78, 5) is -0.382. The van der Waals surface area contributed by atoms with Crippen LogP contribution in [0.25, 0.3) is 0 Å². The van der Waals surface area contributed by atoms with Gasteiger partial charge in [-0.3, -0.25) is 9.11 Å². The molecule has 0 unspecified atom stereocenters. The molecule has 0 saturated carbocycles. The second-order valence-corrected chi connectivity index (χ2v) is 7.14. The maximum absolute atomic E-state index is 11.1. The lowest BCUT2D eigenvalue weighted by atomic mass is 10.0. The Labute approximate surface area is 106 Å². The maximum atomic E-state index is 11.1. The van der Waals surface area contributed by atoms with Crippen molar-refractivity contribution in [2.45, 2.75) is 30.4 Å². The van der Waals surface area contributed by atoms with Gasteiger partial charge in [-0.1, -0.05) is 19.9 Å². The van der Waals surface area contributed by atoms with Crippen molar-refractivity contribution in [1.82, 2.24) is 0 Å². The van der Waals surface area contributed by atoms with Gasteiger partial charge in [-0.05, 0) is 29.2 Å². The van der Waals surface area contributed by atoms with Crippen LogP contribution in [0.2, 0.25) is 0 Å². The number of rotatable bonds is 4. The summed E-state index contributed by atoms with van der Waals surface area (Å²) in [6.07, 6.45) is 0. The van der Waals surface area contributed by atoms with Crippen LogP contribution >= 0.6 is 0 Å². The van der Waals surface area contributed by atoms with Gasteiger partial charge in [0.25, 0.3) is 20.2 Å². The van der Waals surface area contributed by atoms with E-state index in [1.54, 1.807) is 13.8 Å². The summed E-state index contributed by atoms with van der Waals surface area (Å²) in [6.45, 7) is 3.58. The minimum absolute atomic E-state index is 0.0492. The standard InChI is InChI=1S/C10H14O6S2/c1-7(2)9-3-8(6-17(11,12)13)4-10(5-9)18(14,15)16/h3-5,7H,6H2,1-2H3,(H,11,12,13)(H,14,15,16). The highest BCUT2D eigenvalue weighted by Crippen LogP contribution is 2.22. The third-order valence-corrected chi connectivity index (χ3v) is 3.83. The first-order chi connectivity index (χ1) is 7.99. The Morgan fingerprint density at radius 2 is 1.61 bits per heavy atom. The summed E-state index contributed by atoms with van der Waals surface area (Å²) in [5.41, 5.74) is 0.667. The van der Waals surface area contributed by atoms with Gasteiger partial charge in [0, 0.05) is 0 Å². The van der Waals surface area contributed by atoms with E-state index in [0.29, 0.717) is 5.56 Å². The Balaban J connectivity index is 3.41. The summed E-state index contributed by atoms with van der Waals surface area (Å²) in [6, 6.07) is 3.77. The molecule has 6 nitrogen and oxygen atoms in total. The summed E-state index contributed by atoms with van der Waals surface area (Å²) >= 11 is 0. The first kappa shape index (κ1) is 15.1. The van der Waals surface area contributed by atoms with Gasteiger partial charge in [0.15, 0.2) is 0 Å². The van der Waals surface area contributed by atoms with Gasteiger partial charge in [0.1, 0.15) is 5.75 Å². The highest BCUT2D eigenvalue weighted by molar-refractivity contribution is 7.86. The topological polar surface area (TPSA) is 109 Å².